The first-order valence-electron chi connectivity index (χ1n) is 6.33. The minimum Gasteiger partial charge on any atom is -0.312 e. The Bertz CT molecular complexity index is 633. The lowest BCUT2D eigenvalue weighted by Crippen LogP contribution is -2.16. The Labute approximate surface area is 116 Å². The third-order valence-electron chi connectivity index (χ3n) is 2.96. The summed E-state index contributed by atoms with van der Waals surface area (Å²) in [5.74, 6) is -0.740. The molecule has 0 fully saturated rings. The van der Waals surface area contributed by atoms with Crippen LogP contribution in [0.3, 0.4) is 0 Å². The first-order valence-corrected chi connectivity index (χ1v) is 6.33. The van der Waals surface area contributed by atoms with E-state index >= 15 is 0 Å². The Hall–Kier alpha value is -2.25. The molecule has 2 aromatic rings. The molecule has 2 rings (SSSR count). The molecule has 1 N–H and O–H groups in total. The van der Waals surface area contributed by atoms with E-state index in [0.717, 1.165) is 11.1 Å². The van der Waals surface area contributed by atoms with Crippen LogP contribution in [-0.2, 0) is 13.0 Å². The van der Waals surface area contributed by atoms with E-state index in [2.05, 4.69) is 5.32 Å². The van der Waals surface area contributed by atoms with Gasteiger partial charge in [0.05, 0.1) is 5.56 Å². The van der Waals surface area contributed by atoms with Crippen LogP contribution in [0.25, 0.3) is 0 Å². The fourth-order valence-corrected chi connectivity index (χ4v) is 1.93. The minimum atomic E-state index is -0.504. The van der Waals surface area contributed by atoms with E-state index in [0.29, 0.717) is 19.5 Å². The maximum absolute atomic E-state index is 13.1. The van der Waals surface area contributed by atoms with E-state index in [-0.39, 0.29) is 11.4 Å². The summed E-state index contributed by atoms with van der Waals surface area (Å²) >= 11 is 0. The van der Waals surface area contributed by atoms with Crippen molar-refractivity contribution in [1.82, 2.24) is 5.32 Å². The zero-order chi connectivity index (χ0) is 14.4. The van der Waals surface area contributed by atoms with Gasteiger partial charge < -0.3 is 5.32 Å². The van der Waals surface area contributed by atoms with E-state index in [9.17, 15) is 8.78 Å². The van der Waals surface area contributed by atoms with Crippen molar-refractivity contribution in [1.29, 1.82) is 5.26 Å². The van der Waals surface area contributed by atoms with Crippen molar-refractivity contribution in [2.75, 3.05) is 6.54 Å². The maximum Gasteiger partial charge on any atom is 0.140 e. The van der Waals surface area contributed by atoms with Gasteiger partial charge in [0.25, 0.3) is 0 Å². The van der Waals surface area contributed by atoms with Crippen LogP contribution in [0.1, 0.15) is 16.7 Å². The first-order chi connectivity index (χ1) is 9.69. The number of rotatable bonds is 5. The summed E-state index contributed by atoms with van der Waals surface area (Å²) in [6.07, 6.45) is 0.712. The molecule has 0 saturated carbocycles. The average Bonchev–Trinajstić information content (AvgIpc) is 2.45. The summed E-state index contributed by atoms with van der Waals surface area (Å²) in [6, 6.07) is 12.8. The molecule has 0 radical (unpaired) electrons. The molecule has 0 aliphatic carbocycles. The van der Waals surface area contributed by atoms with Crippen LogP contribution >= 0.6 is 0 Å². The zero-order valence-corrected chi connectivity index (χ0v) is 10.9. The average molecular weight is 272 g/mol. The van der Waals surface area contributed by atoms with Gasteiger partial charge in [-0.25, -0.2) is 8.78 Å². The topological polar surface area (TPSA) is 35.8 Å². The van der Waals surface area contributed by atoms with Gasteiger partial charge in [-0.2, -0.15) is 5.26 Å². The molecule has 102 valence electrons. The van der Waals surface area contributed by atoms with Gasteiger partial charge in [-0.15, -0.1) is 0 Å². The molecule has 4 heteroatoms. The summed E-state index contributed by atoms with van der Waals surface area (Å²) in [5, 5.41) is 11.9. The maximum atomic E-state index is 13.1. The third-order valence-corrected chi connectivity index (χ3v) is 2.96. The van der Waals surface area contributed by atoms with E-state index in [4.69, 9.17) is 5.26 Å². The molecule has 0 atom stereocenters. The number of halogens is 2. The van der Waals surface area contributed by atoms with Gasteiger partial charge in [-0.3, -0.25) is 0 Å². The molecule has 0 spiro atoms. The Morgan fingerprint density at radius 1 is 1.05 bits per heavy atom. The van der Waals surface area contributed by atoms with E-state index < -0.39 is 5.82 Å². The van der Waals surface area contributed by atoms with Crippen LogP contribution < -0.4 is 5.32 Å². The van der Waals surface area contributed by atoms with Gasteiger partial charge in [0, 0.05) is 6.54 Å². The fraction of sp³-hybridized carbons (Fsp3) is 0.188. The Kier molecular flexibility index (Phi) is 4.80. The van der Waals surface area contributed by atoms with Crippen LogP contribution in [0.2, 0.25) is 0 Å². The number of nitrogens with zero attached hydrogens (tertiary/aromatic N) is 1. The molecular formula is C16H14F2N2. The van der Waals surface area contributed by atoms with Crippen molar-refractivity contribution in [2.24, 2.45) is 0 Å². The molecule has 0 aliphatic heterocycles. The molecule has 0 amide bonds. The highest BCUT2D eigenvalue weighted by Crippen LogP contribution is 2.09. The summed E-state index contributed by atoms with van der Waals surface area (Å²) in [7, 11) is 0. The van der Waals surface area contributed by atoms with Crippen molar-refractivity contribution in [3.8, 4) is 6.07 Å². The standard InChI is InChI=1S/C16H14F2N2/c17-15-3-1-2-12(9-15)6-7-20-11-13-4-5-16(18)14(8-13)10-19/h1-5,8-9,20H,6-7,11H2. The molecule has 0 unspecified atom stereocenters. The smallest absolute Gasteiger partial charge is 0.140 e. The summed E-state index contributed by atoms with van der Waals surface area (Å²) in [4.78, 5) is 0. The predicted molar refractivity (Wildman–Crippen MR) is 72.9 cm³/mol. The van der Waals surface area contributed by atoms with Crippen molar-refractivity contribution in [3.63, 3.8) is 0 Å². The highest BCUT2D eigenvalue weighted by molar-refractivity contribution is 5.34. The summed E-state index contributed by atoms with van der Waals surface area (Å²) < 4.78 is 26.1. The second-order valence-corrected chi connectivity index (χ2v) is 4.48. The van der Waals surface area contributed by atoms with E-state index in [1.54, 1.807) is 12.1 Å². The number of nitrogens with one attached hydrogen (secondary N) is 1. The van der Waals surface area contributed by atoms with E-state index in [1.165, 1.54) is 24.3 Å². The molecule has 0 heterocycles. The quantitative estimate of drug-likeness (QED) is 0.849. The summed E-state index contributed by atoms with van der Waals surface area (Å²) in [6.45, 7) is 1.23. The Morgan fingerprint density at radius 2 is 1.90 bits per heavy atom. The highest BCUT2D eigenvalue weighted by atomic mass is 19.1. The second-order valence-electron chi connectivity index (χ2n) is 4.48. The van der Waals surface area contributed by atoms with Crippen LogP contribution in [0.4, 0.5) is 8.78 Å². The van der Waals surface area contributed by atoms with Crippen LogP contribution in [-0.4, -0.2) is 6.54 Å². The Morgan fingerprint density at radius 3 is 2.65 bits per heavy atom. The molecule has 0 saturated heterocycles. The number of hydrogen-bond donors (Lipinski definition) is 1. The lowest BCUT2D eigenvalue weighted by molar-refractivity contribution is 0.619. The van der Waals surface area contributed by atoms with Crippen LogP contribution in [0, 0.1) is 23.0 Å². The van der Waals surface area contributed by atoms with Gasteiger partial charge in [-0.1, -0.05) is 18.2 Å². The number of hydrogen-bond acceptors (Lipinski definition) is 2. The highest BCUT2D eigenvalue weighted by Gasteiger charge is 2.02. The number of benzene rings is 2. The van der Waals surface area contributed by atoms with Gasteiger partial charge in [0.1, 0.15) is 17.7 Å². The molecule has 20 heavy (non-hydrogen) atoms. The summed E-state index contributed by atoms with van der Waals surface area (Å²) in [5.41, 5.74) is 1.82. The predicted octanol–water partition coefficient (Wildman–Crippen LogP) is 3.17. The lowest BCUT2D eigenvalue weighted by Gasteiger charge is -2.06. The SMILES string of the molecule is N#Cc1cc(CNCCc2cccc(F)c2)ccc1F. The van der Waals surface area contributed by atoms with Crippen molar-refractivity contribution < 1.29 is 8.78 Å². The second kappa shape index (κ2) is 6.78. The van der Waals surface area contributed by atoms with E-state index in [1.807, 2.05) is 12.1 Å². The zero-order valence-electron chi connectivity index (χ0n) is 10.9. The molecule has 0 bridgehead atoms. The van der Waals surface area contributed by atoms with Crippen molar-refractivity contribution in [2.45, 2.75) is 13.0 Å². The monoisotopic (exact) mass is 272 g/mol. The third kappa shape index (κ3) is 3.87. The van der Waals surface area contributed by atoms with Crippen molar-refractivity contribution in [3.05, 3.63) is 70.8 Å². The molecule has 2 nitrogen and oxygen atoms in total. The van der Waals surface area contributed by atoms with Crippen LogP contribution in [0.5, 0.6) is 0 Å². The van der Waals surface area contributed by atoms with Gasteiger partial charge in [0.15, 0.2) is 0 Å². The largest absolute Gasteiger partial charge is 0.312 e. The van der Waals surface area contributed by atoms with Gasteiger partial charge >= 0.3 is 0 Å². The first kappa shape index (κ1) is 14.2. The normalized spacial score (nSPS) is 10.2. The minimum absolute atomic E-state index is 0.0504. The number of nitriles is 1. The van der Waals surface area contributed by atoms with Gasteiger partial charge in [-0.05, 0) is 48.4 Å². The lowest BCUT2D eigenvalue weighted by atomic mass is 10.1. The molecular weight excluding hydrogens is 258 g/mol. The van der Waals surface area contributed by atoms with Crippen molar-refractivity contribution >= 4 is 0 Å². The van der Waals surface area contributed by atoms with Gasteiger partial charge in [0.2, 0.25) is 0 Å². The van der Waals surface area contributed by atoms with Crippen LogP contribution in [0.15, 0.2) is 42.5 Å². The molecule has 0 aliphatic rings. The fourth-order valence-electron chi connectivity index (χ4n) is 1.93. The Balaban J connectivity index is 1.83. The molecule has 2 aromatic carbocycles. The molecule has 0 aromatic heterocycles.